The first-order valence-electron chi connectivity index (χ1n) is 5.90. The Morgan fingerprint density at radius 2 is 2.00 bits per heavy atom. The van der Waals surface area contributed by atoms with E-state index in [0.717, 1.165) is 6.07 Å². The second kappa shape index (κ2) is 5.88. The molecule has 0 aliphatic rings. The van der Waals surface area contributed by atoms with Gasteiger partial charge in [-0.25, -0.2) is 4.39 Å². The molecule has 0 spiro atoms. The fourth-order valence-corrected chi connectivity index (χ4v) is 1.93. The molecule has 2 aromatic carbocycles. The number of carbonyl (C=O) groups excluding carboxylic acids is 1. The van der Waals surface area contributed by atoms with Gasteiger partial charge in [-0.15, -0.1) is 0 Å². The number of hydrogen-bond donors (Lipinski definition) is 1. The van der Waals surface area contributed by atoms with Crippen LogP contribution in [0.2, 0.25) is 5.02 Å². The highest BCUT2D eigenvalue weighted by atomic mass is 35.5. The van der Waals surface area contributed by atoms with Gasteiger partial charge in [-0.3, -0.25) is 14.9 Å². The molecule has 0 aliphatic heterocycles. The maximum Gasteiger partial charge on any atom is 0.269 e. The Balaban J connectivity index is 2.27. The second-order valence-electron chi connectivity index (χ2n) is 4.33. The van der Waals surface area contributed by atoms with E-state index in [9.17, 15) is 19.3 Å². The van der Waals surface area contributed by atoms with Crippen molar-refractivity contribution in [1.29, 1.82) is 0 Å². The molecular formula is C14H10ClFN2O3. The van der Waals surface area contributed by atoms with Crippen molar-refractivity contribution in [3.8, 4) is 0 Å². The summed E-state index contributed by atoms with van der Waals surface area (Å²) in [5.74, 6) is -1.37. The van der Waals surface area contributed by atoms with E-state index in [0.29, 0.717) is 11.3 Å². The number of nitrogens with one attached hydrogen (secondary N) is 1. The lowest BCUT2D eigenvalue weighted by Crippen LogP contribution is -2.14. The minimum atomic E-state index is -0.698. The van der Waals surface area contributed by atoms with Crippen LogP contribution in [0.5, 0.6) is 0 Å². The summed E-state index contributed by atoms with van der Waals surface area (Å²) in [4.78, 5) is 22.1. The molecule has 0 radical (unpaired) electrons. The Bertz CT molecular complexity index is 734. The van der Waals surface area contributed by atoms with Gasteiger partial charge in [0, 0.05) is 22.8 Å². The third kappa shape index (κ3) is 3.35. The lowest BCUT2D eigenvalue weighted by Gasteiger charge is -2.09. The average Bonchev–Trinajstić information content (AvgIpc) is 2.43. The second-order valence-corrected chi connectivity index (χ2v) is 4.77. The molecule has 0 aromatic heterocycles. The molecule has 21 heavy (non-hydrogen) atoms. The largest absolute Gasteiger partial charge is 0.322 e. The molecule has 0 aliphatic carbocycles. The quantitative estimate of drug-likeness (QED) is 0.689. The van der Waals surface area contributed by atoms with E-state index in [2.05, 4.69) is 5.32 Å². The standard InChI is InChI=1S/C14H10ClFN2O3/c1-8-6-10(18(20)21)3-5-13(8)17-14(19)11-7-9(15)2-4-12(11)16/h2-7H,1H3,(H,17,19). The van der Waals surface area contributed by atoms with Gasteiger partial charge in [-0.1, -0.05) is 11.6 Å². The topological polar surface area (TPSA) is 72.2 Å². The molecule has 1 N–H and O–H groups in total. The predicted molar refractivity (Wildman–Crippen MR) is 77.2 cm³/mol. The first-order valence-corrected chi connectivity index (χ1v) is 6.27. The van der Waals surface area contributed by atoms with E-state index in [4.69, 9.17) is 11.6 Å². The first-order chi connectivity index (χ1) is 9.88. The maximum absolute atomic E-state index is 13.6. The number of amides is 1. The van der Waals surface area contributed by atoms with Crippen molar-refractivity contribution < 1.29 is 14.1 Å². The Morgan fingerprint density at radius 3 is 2.62 bits per heavy atom. The molecule has 5 nitrogen and oxygen atoms in total. The molecule has 0 saturated carbocycles. The number of nitrogens with zero attached hydrogens (tertiary/aromatic N) is 1. The van der Waals surface area contributed by atoms with Gasteiger partial charge in [-0.05, 0) is 36.8 Å². The Morgan fingerprint density at radius 1 is 1.29 bits per heavy atom. The summed E-state index contributed by atoms with van der Waals surface area (Å²) >= 11 is 5.73. The molecule has 2 aromatic rings. The number of rotatable bonds is 3. The highest BCUT2D eigenvalue weighted by molar-refractivity contribution is 6.31. The third-order valence-corrected chi connectivity index (χ3v) is 3.08. The monoisotopic (exact) mass is 308 g/mol. The van der Waals surface area contributed by atoms with Gasteiger partial charge in [0.1, 0.15) is 5.82 Å². The average molecular weight is 309 g/mol. The van der Waals surface area contributed by atoms with E-state index in [1.165, 1.54) is 30.3 Å². The van der Waals surface area contributed by atoms with Crippen LogP contribution in [0.1, 0.15) is 15.9 Å². The molecular weight excluding hydrogens is 299 g/mol. The number of anilines is 1. The van der Waals surface area contributed by atoms with Crippen LogP contribution in [0.4, 0.5) is 15.8 Å². The summed E-state index contributed by atoms with van der Waals surface area (Å²) in [6.07, 6.45) is 0. The van der Waals surface area contributed by atoms with E-state index < -0.39 is 16.6 Å². The van der Waals surface area contributed by atoms with E-state index in [1.807, 2.05) is 0 Å². The van der Waals surface area contributed by atoms with Crippen LogP contribution in [-0.4, -0.2) is 10.8 Å². The van der Waals surface area contributed by atoms with Gasteiger partial charge in [0.15, 0.2) is 0 Å². The number of aryl methyl sites for hydroxylation is 1. The van der Waals surface area contributed by atoms with Crippen LogP contribution < -0.4 is 5.32 Å². The molecule has 1 amide bonds. The Hall–Kier alpha value is -2.47. The minimum absolute atomic E-state index is 0.0839. The normalized spacial score (nSPS) is 10.2. The lowest BCUT2D eigenvalue weighted by atomic mass is 10.1. The number of nitro benzene ring substituents is 1. The van der Waals surface area contributed by atoms with Crippen LogP contribution in [0.25, 0.3) is 0 Å². The molecule has 0 fully saturated rings. The van der Waals surface area contributed by atoms with Crippen molar-refractivity contribution in [3.05, 3.63) is 68.5 Å². The zero-order chi connectivity index (χ0) is 15.6. The molecule has 0 heterocycles. The summed E-state index contributed by atoms with van der Waals surface area (Å²) in [6, 6.07) is 7.63. The van der Waals surface area contributed by atoms with Crippen molar-refractivity contribution in [1.82, 2.24) is 0 Å². The predicted octanol–water partition coefficient (Wildman–Crippen LogP) is 3.95. The Kier molecular flexibility index (Phi) is 4.18. The van der Waals surface area contributed by atoms with Crippen molar-refractivity contribution >= 4 is 28.9 Å². The summed E-state index contributed by atoms with van der Waals surface area (Å²) in [6.45, 7) is 1.61. The molecule has 7 heteroatoms. The number of benzene rings is 2. The van der Waals surface area contributed by atoms with Crippen LogP contribution in [0.3, 0.4) is 0 Å². The van der Waals surface area contributed by atoms with Crippen LogP contribution in [0, 0.1) is 22.9 Å². The fraction of sp³-hybridized carbons (Fsp3) is 0.0714. The number of halogens is 2. The van der Waals surface area contributed by atoms with Crippen LogP contribution in [0.15, 0.2) is 36.4 Å². The van der Waals surface area contributed by atoms with E-state index in [-0.39, 0.29) is 16.3 Å². The smallest absolute Gasteiger partial charge is 0.269 e. The third-order valence-electron chi connectivity index (χ3n) is 2.84. The van der Waals surface area contributed by atoms with Crippen LogP contribution >= 0.6 is 11.6 Å². The van der Waals surface area contributed by atoms with Crippen molar-refractivity contribution in [2.75, 3.05) is 5.32 Å². The highest BCUT2D eigenvalue weighted by Crippen LogP contribution is 2.23. The molecule has 0 unspecified atom stereocenters. The van der Waals surface area contributed by atoms with Gasteiger partial charge < -0.3 is 5.32 Å². The summed E-state index contributed by atoms with van der Waals surface area (Å²) in [5, 5.41) is 13.4. The molecule has 0 atom stereocenters. The van der Waals surface area contributed by atoms with Gasteiger partial charge in [0.25, 0.3) is 11.6 Å². The van der Waals surface area contributed by atoms with Gasteiger partial charge in [-0.2, -0.15) is 0 Å². The lowest BCUT2D eigenvalue weighted by molar-refractivity contribution is -0.384. The zero-order valence-electron chi connectivity index (χ0n) is 10.9. The van der Waals surface area contributed by atoms with Gasteiger partial charge >= 0.3 is 0 Å². The number of carbonyl (C=O) groups is 1. The van der Waals surface area contributed by atoms with Crippen molar-refractivity contribution in [2.24, 2.45) is 0 Å². The highest BCUT2D eigenvalue weighted by Gasteiger charge is 2.15. The molecule has 108 valence electrons. The summed E-state index contributed by atoms with van der Waals surface area (Å²) in [7, 11) is 0. The van der Waals surface area contributed by atoms with E-state index >= 15 is 0 Å². The fourth-order valence-electron chi connectivity index (χ4n) is 1.76. The number of hydrogen-bond acceptors (Lipinski definition) is 3. The number of non-ortho nitro benzene ring substituents is 1. The molecule has 2 rings (SSSR count). The van der Waals surface area contributed by atoms with Crippen LogP contribution in [-0.2, 0) is 0 Å². The minimum Gasteiger partial charge on any atom is -0.322 e. The molecule has 0 saturated heterocycles. The van der Waals surface area contributed by atoms with Crippen molar-refractivity contribution in [3.63, 3.8) is 0 Å². The summed E-state index contributed by atoms with van der Waals surface area (Å²) < 4.78 is 13.6. The number of nitro groups is 1. The SMILES string of the molecule is Cc1cc([N+](=O)[O-])ccc1NC(=O)c1cc(Cl)ccc1F. The summed E-state index contributed by atoms with van der Waals surface area (Å²) in [5.41, 5.74) is 0.588. The van der Waals surface area contributed by atoms with E-state index in [1.54, 1.807) is 6.92 Å². The maximum atomic E-state index is 13.6. The Labute approximate surface area is 124 Å². The van der Waals surface area contributed by atoms with Gasteiger partial charge in [0.2, 0.25) is 0 Å². The van der Waals surface area contributed by atoms with Crippen molar-refractivity contribution in [2.45, 2.75) is 6.92 Å². The van der Waals surface area contributed by atoms with Gasteiger partial charge in [0.05, 0.1) is 10.5 Å². The molecule has 0 bridgehead atoms. The zero-order valence-corrected chi connectivity index (χ0v) is 11.6. The first kappa shape index (κ1) is 14.9.